The molecule has 0 fully saturated rings. The number of ether oxygens (including phenoxy) is 2. The summed E-state index contributed by atoms with van der Waals surface area (Å²) in [6.07, 6.45) is 49.9. The molecular weight excluding hydrogens is 574 g/mol. The van der Waals surface area contributed by atoms with E-state index in [0.29, 0.717) is 6.04 Å². The second kappa shape index (κ2) is 39.8. The fourth-order valence-corrected chi connectivity index (χ4v) is 6.50. The molecule has 0 aliphatic rings. The molecule has 0 aromatic rings. The van der Waals surface area contributed by atoms with E-state index in [2.05, 4.69) is 64.1 Å². The van der Waals surface area contributed by atoms with Crippen molar-refractivity contribution in [3.8, 4) is 0 Å². The van der Waals surface area contributed by atoms with E-state index in [0.717, 1.165) is 32.7 Å². The number of unbranched alkanes of at least 4 members (excludes halogenated alkanes) is 24. The predicted octanol–water partition coefficient (Wildman–Crippen LogP) is 14.2. The van der Waals surface area contributed by atoms with Crippen molar-refractivity contribution in [2.45, 2.75) is 226 Å². The first-order valence-corrected chi connectivity index (χ1v) is 21.3. The molecule has 2 atom stereocenters. The van der Waals surface area contributed by atoms with Gasteiger partial charge in [-0.3, -0.25) is 0 Å². The lowest BCUT2D eigenvalue weighted by Crippen LogP contribution is -2.34. The van der Waals surface area contributed by atoms with E-state index in [4.69, 9.17) is 9.47 Å². The van der Waals surface area contributed by atoms with Gasteiger partial charge in [0.1, 0.15) is 0 Å². The topological polar surface area (TPSA) is 21.7 Å². The molecule has 3 heteroatoms. The predicted molar refractivity (Wildman–Crippen MR) is 212 cm³/mol. The van der Waals surface area contributed by atoms with Crippen molar-refractivity contribution in [2.75, 3.05) is 33.9 Å². The number of nitrogens with zero attached hydrogens (tertiary/aromatic N) is 1. The van der Waals surface area contributed by atoms with E-state index in [9.17, 15) is 0 Å². The van der Waals surface area contributed by atoms with Gasteiger partial charge in [0.2, 0.25) is 0 Å². The van der Waals surface area contributed by atoms with Crippen molar-refractivity contribution >= 4 is 0 Å². The van der Waals surface area contributed by atoms with Gasteiger partial charge in [-0.2, -0.15) is 0 Å². The Bertz CT molecular complexity index is 630. The molecule has 47 heavy (non-hydrogen) atoms. The summed E-state index contributed by atoms with van der Waals surface area (Å²) in [5.41, 5.74) is 0. The molecule has 0 saturated heterocycles. The average molecular weight is 662 g/mol. The maximum absolute atomic E-state index is 6.41. The number of rotatable bonds is 39. The van der Waals surface area contributed by atoms with E-state index in [1.54, 1.807) is 0 Å². The lowest BCUT2D eigenvalue weighted by atomic mass is 10.1. The molecule has 0 aromatic carbocycles. The van der Waals surface area contributed by atoms with Crippen LogP contribution in [0.3, 0.4) is 0 Å². The maximum Gasteiger partial charge on any atom is 0.0823 e. The van der Waals surface area contributed by atoms with Crippen molar-refractivity contribution in [1.29, 1.82) is 0 Å². The summed E-state index contributed by atoms with van der Waals surface area (Å²) in [5, 5.41) is 0. The first-order chi connectivity index (χ1) is 23.2. The molecule has 0 bridgehead atoms. The van der Waals surface area contributed by atoms with E-state index >= 15 is 0 Å². The van der Waals surface area contributed by atoms with Crippen LogP contribution in [0.25, 0.3) is 0 Å². The van der Waals surface area contributed by atoms with Crippen molar-refractivity contribution < 1.29 is 9.47 Å². The molecule has 0 aliphatic heterocycles. The third-order valence-electron chi connectivity index (χ3n) is 9.85. The summed E-state index contributed by atoms with van der Waals surface area (Å²) in [6, 6.07) is 0.564. The van der Waals surface area contributed by atoms with Gasteiger partial charge in [0.15, 0.2) is 0 Å². The van der Waals surface area contributed by atoms with Crippen LogP contribution in [-0.4, -0.2) is 51.0 Å². The van der Waals surface area contributed by atoms with E-state index < -0.39 is 0 Å². The Morgan fingerprint density at radius 1 is 0.447 bits per heavy atom. The van der Waals surface area contributed by atoms with Gasteiger partial charge in [-0.05, 0) is 91.1 Å². The number of hydrogen-bond acceptors (Lipinski definition) is 3. The minimum atomic E-state index is 0.222. The molecule has 0 radical (unpaired) electrons. The van der Waals surface area contributed by atoms with Crippen LogP contribution in [0.2, 0.25) is 0 Å². The summed E-state index contributed by atoms with van der Waals surface area (Å²) in [6.45, 7) is 9.39. The second-order valence-corrected chi connectivity index (χ2v) is 14.7. The van der Waals surface area contributed by atoms with E-state index in [-0.39, 0.29) is 6.10 Å². The van der Waals surface area contributed by atoms with Gasteiger partial charge in [-0.25, -0.2) is 0 Å². The van der Waals surface area contributed by atoms with Crippen molar-refractivity contribution in [3.05, 3.63) is 24.3 Å². The zero-order valence-corrected chi connectivity index (χ0v) is 33.1. The van der Waals surface area contributed by atoms with Gasteiger partial charge >= 0.3 is 0 Å². The highest BCUT2D eigenvalue weighted by Gasteiger charge is 2.18. The quantitative estimate of drug-likeness (QED) is 0.0483. The first-order valence-electron chi connectivity index (χ1n) is 21.3. The lowest BCUT2D eigenvalue weighted by Gasteiger charge is -2.28. The lowest BCUT2D eigenvalue weighted by molar-refractivity contribution is -0.0324. The Labute approximate surface area is 297 Å². The van der Waals surface area contributed by atoms with Crippen LogP contribution in [0.4, 0.5) is 0 Å². The van der Waals surface area contributed by atoms with Gasteiger partial charge in [-0.15, -0.1) is 0 Å². The maximum atomic E-state index is 6.41. The third-order valence-corrected chi connectivity index (χ3v) is 9.85. The van der Waals surface area contributed by atoms with Crippen LogP contribution >= 0.6 is 0 Å². The Kier molecular flexibility index (Phi) is 39.3. The summed E-state index contributed by atoms with van der Waals surface area (Å²) in [4.78, 5) is 2.35. The highest BCUT2D eigenvalue weighted by atomic mass is 16.5. The highest BCUT2D eigenvalue weighted by Crippen LogP contribution is 2.15. The zero-order valence-electron chi connectivity index (χ0n) is 33.1. The van der Waals surface area contributed by atoms with Crippen molar-refractivity contribution in [3.63, 3.8) is 0 Å². The molecular formula is C44H87NO2. The largest absolute Gasteiger partial charge is 0.379 e. The van der Waals surface area contributed by atoms with Crippen LogP contribution in [-0.2, 0) is 9.47 Å². The van der Waals surface area contributed by atoms with Gasteiger partial charge < -0.3 is 14.4 Å². The van der Waals surface area contributed by atoms with Gasteiger partial charge in [0.25, 0.3) is 0 Å². The molecule has 0 spiro atoms. The summed E-state index contributed by atoms with van der Waals surface area (Å²) >= 11 is 0. The molecule has 0 aromatic heterocycles. The molecule has 3 nitrogen and oxygen atoms in total. The summed E-state index contributed by atoms with van der Waals surface area (Å²) in [7, 11) is 4.40. The number of allylic oxidation sites excluding steroid dienone is 4. The molecule has 0 amide bonds. The second-order valence-electron chi connectivity index (χ2n) is 14.7. The minimum Gasteiger partial charge on any atom is -0.379 e. The zero-order chi connectivity index (χ0) is 34.3. The van der Waals surface area contributed by atoms with Crippen LogP contribution < -0.4 is 0 Å². The third kappa shape index (κ3) is 36.5. The monoisotopic (exact) mass is 662 g/mol. The fraction of sp³-hybridized carbons (Fsp3) is 0.909. The van der Waals surface area contributed by atoms with Gasteiger partial charge in [-0.1, -0.05) is 161 Å². The Morgan fingerprint density at radius 3 is 1.19 bits per heavy atom. The standard InChI is InChI=1S/C44H87NO2/c1-6-9-11-13-15-17-19-21-23-25-27-29-31-33-35-37-39-46-42-44(41-43(8-3)45(4)5)47-40-38-36-34-32-30-28-26-24-22-20-18-16-14-12-10-7-2/h21-24,43-44H,6-20,25-42H2,1-5H3/b23-21-,24-22-. The molecule has 0 heterocycles. The average Bonchev–Trinajstić information content (AvgIpc) is 3.07. The van der Waals surface area contributed by atoms with Gasteiger partial charge in [0.05, 0.1) is 12.7 Å². The van der Waals surface area contributed by atoms with E-state index in [1.807, 2.05) is 0 Å². The Hall–Kier alpha value is -0.640. The van der Waals surface area contributed by atoms with Crippen LogP contribution in [0.1, 0.15) is 213 Å². The smallest absolute Gasteiger partial charge is 0.0823 e. The molecule has 2 unspecified atom stereocenters. The van der Waals surface area contributed by atoms with Crippen LogP contribution in [0.5, 0.6) is 0 Å². The normalized spacial score (nSPS) is 13.5. The SMILES string of the molecule is CCCCCCCC/C=C\CCCCCCCCOCC(CC(CC)N(C)C)OCCCCCCCC/C=C\CCCCCCCC. The Balaban J connectivity index is 3.80. The van der Waals surface area contributed by atoms with Gasteiger partial charge in [0, 0.05) is 19.3 Å². The van der Waals surface area contributed by atoms with Crippen molar-refractivity contribution in [1.82, 2.24) is 4.90 Å². The highest BCUT2D eigenvalue weighted by molar-refractivity contribution is 4.82. The molecule has 0 aliphatic carbocycles. The summed E-state index contributed by atoms with van der Waals surface area (Å²) in [5.74, 6) is 0. The minimum absolute atomic E-state index is 0.222. The Morgan fingerprint density at radius 2 is 0.809 bits per heavy atom. The van der Waals surface area contributed by atoms with Crippen molar-refractivity contribution in [2.24, 2.45) is 0 Å². The molecule has 0 rings (SSSR count). The summed E-state index contributed by atoms with van der Waals surface area (Å²) < 4.78 is 12.6. The number of hydrogen-bond donors (Lipinski definition) is 0. The molecule has 0 N–H and O–H groups in total. The van der Waals surface area contributed by atoms with Crippen LogP contribution in [0.15, 0.2) is 24.3 Å². The van der Waals surface area contributed by atoms with E-state index in [1.165, 1.54) is 180 Å². The fourth-order valence-electron chi connectivity index (χ4n) is 6.50. The first kappa shape index (κ1) is 46.4. The van der Waals surface area contributed by atoms with Crippen LogP contribution in [0, 0.1) is 0 Å². The molecule has 280 valence electrons. The molecule has 0 saturated carbocycles.